The van der Waals surface area contributed by atoms with E-state index >= 15 is 0 Å². The summed E-state index contributed by atoms with van der Waals surface area (Å²) >= 11 is 7.95. The van der Waals surface area contributed by atoms with Crippen LogP contribution in [0.5, 0.6) is 5.75 Å². The maximum absolute atomic E-state index is 12.3. The van der Waals surface area contributed by atoms with Crippen molar-refractivity contribution in [1.82, 2.24) is 9.78 Å². The Kier molecular flexibility index (Phi) is 6.56. The molecule has 43 heavy (non-hydrogen) atoms. The van der Waals surface area contributed by atoms with Crippen LogP contribution in [0.25, 0.3) is 11.8 Å². The highest BCUT2D eigenvalue weighted by Crippen LogP contribution is 2.75. The number of fused-ring (bicyclic) bond motifs is 8. The van der Waals surface area contributed by atoms with Gasteiger partial charge in [-0.3, -0.25) is 0 Å². The third-order valence-corrected chi connectivity index (χ3v) is 13.5. The Balaban J connectivity index is 1.13. The molecule has 1 aromatic carbocycles. The molecule has 6 aliphatic rings. The number of ether oxygens (including phenoxy) is 5. The zero-order valence-corrected chi connectivity index (χ0v) is 27.1. The molecular formula is C33H42ClN2O6P. The van der Waals surface area contributed by atoms with Gasteiger partial charge in [0.05, 0.1) is 29.0 Å². The molecule has 1 N–H and O–H groups in total. The monoisotopic (exact) mass is 628 g/mol. The van der Waals surface area contributed by atoms with Crippen molar-refractivity contribution in [2.45, 2.75) is 75.2 Å². The van der Waals surface area contributed by atoms with Crippen LogP contribution in [0.2, 0.25) is 0 Å². The van der Waals surface area contributed by atoms with E-state index in [9.17, 15) is 5.11 Å². The van der Waals surface area contributed by atoms with Crippen molar-refractivity contribution in [3.8, 4) is 11.4 Å². The lowest BCUT2D eigenvalue weighted by atomic mass is 9.44. The van der Waals surface area contributed by atoms with E-state index in [1.165, 1.54) is 5.57 Å². The first kappa shape index (κ1) is 28.9. The van der Waals surface area contributed by atoms with E-state index in [-0.39, 0.29) is 36.8 Å². The van der Waals surface area contributed by atoms with E-state index in [4.69, 9.17) is 40.4 Å². The second-order valence-corrected chi connectivity index (χ2v) is 15.3. The van der Waals surface area contributed by atoms with Gasteiger partial charge in [0.25, 0.3) is 0 Å². The summed E-state index contributed by atoms with van der Waals surface area (Å²) < 4.78 is 32.5. The number of aliphatic hydroxyl groups excluding tert-OH is 1. The number of hydrogen-bond donors (Lipinski definition) is 1. The van der Waals surface area contributed by atoms with E-state index in [0.717, 1.165) is 54.5 Å². The molecule has 2 unspecified atom stereocenters. The van der Waals surface area contributed by atoms with E-state index in [1.807, 2.05) is 28.9 Å². The normalized spacial score (nSPS) is 44.7. The Morgan fingerprint density at radius 3 is 2.67 bits per heavy atom. The lowest BCUT2D eigenvalue weighted by Gasteiger charge is -2.65. The van der Waals surface area contributed by atoms with E-state index in [1.54, 1.807) is 0 Å². The van der Waals surface area contributed by atoms with Crippen LogP contribution in [-0.2, 0) is 25.4 Å². The lowest BCUT2D eigenvalue weighted by molar-refractivity contribution is -0.264. The molecule has 10 atom stereocenters. The first-order valence-corrected chi connectivity index (χ1v) is 16.9. The molecule has 0 bridgehead atoms. The van der Waals surface area contributed by atoms with Crippen molar-refractivity contribution >= 4 is 26.9 Å². The molecule has 10 heteroatoms. The molecular weight excluding hydrogens is 587 g/mol. The van der Waals surface area contributed by atoms with Crippen LogP contribution < -0.4 is 4.74 Å². The number of aliphatic hydroxyl groups is 1. The topological polar surface area (TPSA) is 84.2 Å². The number of hydrogen-bond acceptors (Lipinski definition) is 7. The molecule has 3 heterocycles. The fraction of sp³-hybridized carbons (Fsp3) is 0.667. The first-order chi connectivity index (χ1) is 20.6. The summed E-state index contributed by atoms with van der Waals surface area (Å²) in [5, 5.41) is 17.3. The molecule has 2 aromatic rings. The quantitative estimate of drug-likeness (QED) is 0.362. The summed E-state index contributed by atoms with van der Waals surface area (Å²) in [6.45, 7) is 8.20. The highest BCUT2D eigenvalue weighted by atomic mass is 35.5. The molecule has 1 aromatic heterocycles. The van der Waals surface area contributed by atoms with Gasteiger partial charge in [-0.25, -0.2) is 4.68 Å². The summed E-state index contributed by atoms with van der Waals surface area (Å²) in [4.78, 5) is -0.817. The van der Waals surface area contributed by atoms with Crippen molar-refractivity contribution in [2.75, 3.05) is 33.0 Å². The molecule has 8 nitrogen and oxygen atoms in total. The van der Waals surface area contributed by atoms with Crippen molar-refractivity contribution in [3.63, 3.8) is 0 Å². The molecule has 8 rings (SSSR count). The van der Waals surface area contributed by atoms with Gasteiger partial charge in [0.2, 0.25) is 5.79 Å². The van der Waals surface area contributed by atoms with Gasteiger partial charge in [-0.1, -0.05) is 26.3 Å². The average molecular weight is 629 g/mol. The van der Waals surface area contributed by atoms with Gasteiger partial charge in [0.15, 0.2) is 13.6 Å². The molecule has 2 aliphatic heterocycles. The van der Waals surface area contributed by atoms with Crippen LogP contribution in [0.15, 0.2) is 36.0 Å². The van der Waals surface area contributed by atoms with Crippen LogP contribution in [0.1, 0.15) is 57.7 Å². The van der Waals surface area contributed by atoms with Gasteiger partial charge < -0.3 is 28.8 Å². The largest absolute Gasteiger partial charge is 0.493 e. The number of halogens is 1. The number of nitrogens with zero attached hydrogens (tertiary/aromatic N) is 2. The first-order valence-electron chi connectivity index (χ1n) is 15.7. The molecule has 4 aliphatic carbocycles. The number of benzene rings is 1. The van der Waals surface area contributed by atoms with Crippen molar-refractivity contribution in [1.29, 1.82) is 0 Å². The van der Waals surface area contributed by atoms with Crippen LogP contribution in [0.3, 0.4) is 0 Å². The summed E-state index contributed by atoms with van der Waals surface area (Å²) in [5.41, 5.74) is 2.95. The molecule has 2 saturated heterocycles. The second kappa shape index (κ2) is 9.75. The zero-order valence-electron chi connectivity index (χ0n) is 25.2. The van der Waals surface area contributed by atoms with Gasteiger partial charge in [0, 0.05) is 17.0 Å². The van der Waals surface area contributed by atoms with Crippen molar-refractivity contribution in [3.05, 3.63) is 47.3 Å². The van der Waals surface area contributed by atoms with Crippen LogP contribution >= 0.6 is 20.8 Å². The van der Waals surface area contributed by atoms with E-state index in [0.29, 0.717) is 19.6 Å². The molecule has 0 radical (unpaired) electrons. The Morgan fingerprint density at radius 2 is 1.93 bits per heavy atom. The molecule has 5 fully saturated rings. The Bertz CT molecular complexity index is 1450. The predicted molar refractivity (Wildman–Crippen MR) is 165 cm³/mol. The fourth-order valence-electron chi connectivity index (χ4n) is 10.6. The standard InChI is InChI=1S/C33H42ClN2O6P/c1-20-12-26-25-9-4-22-13-27-21(16-36(35-27)23-5-7-24(8-6-23)39-10-11-43)14-29(22,2)32(25,34)28(37)15-30(26,3)33(20)31(41-19-42-33)17-38-18-40-31/h5-8,13,16,20,25-26,28,37H,4,9-12,14-15,17-19,43H2,1-3H3/t20-,25+,26+,28+,29+,30+,31?,32+,33-/m1/s1. The van der Waals surface area contributed by atoms with Crippen LogP contribution in [-0.4, -0.2) is 70.2 Å². The summed E-state index contributed by atoms with van der Waals surface area (Å²) in [7, 11) is 2.68. The maximum atomic E-state index is 12.3. The third kappa shape index (κ3) is 3.58. The van der Waals surface area contributed by atoms with Crippen LogP contribution in [0.4, 0.5) is 0 Å². The molecule has 2 spiro atoms. The Hall–Kier alpha value is -1.51. The third-order valence-electron chi connectivity index (χ3n) is 12.4. The summed E-state index contributed by atoms with van der Waals surface area (Å²) in [6.07, 6.45) is 8.62. The number of aromatic nitrogens is 2. The van der Waals surface area contributed by atoms with E-state index in [2.05, 4.69) is 42.3 Å². The maximum Gasteiger partial charge on any atom is 0.227 e. The van der Waals surface area contributed by atoms with Gasteiger partial charge >= 0.3 is 0 Å². The minimum absolute atomic E-state index is 0.112. The van der Waals surface area contributed by atoms with Gasteiger partial charge in [0.1, 0.15) is 18.0 Å². The predicted octanol–water partition coefficient (Wildman–Crippen LogP) is 5.33. The van der Waals surface area contributed by atoms with Gasteiger partial charge in [-0.15, -0.1) is 20.8 Å². The van der Waals surface area contributed by atoms with E-state index < -0.39 is 27.8 Å². The highest BCUT2D eigenvalue weighted by Gasteiger charge is 2.81. The smallest absolute Gasteiger partial charge is 0.227 e. The van der Waals surface area contributed by atoms with Crippen molar-refractivity contribution in [2.24, 2.45) is 28.6 Å². The minimum Gasteiger partial charge on any atom is -0.493 e. The average Bonchev–Trinajstić information content (AvgIpc) is 3.76. The Morgan fingerprint density at radius 1 is 1.14 bits per heavy atom. The lowest BCUT2D eigenvalue weighted by Crippen LogP contribution is -2.71. The minimum atomic E-state index is -0.945. The summed E-state index contributed by atoms with van der Waals surface area (Å²) in [6, 6.07) is 8.07. The Labute approximate surface area is 260 Å². The highest BCUT2D eigenvalue weighted by molar-refractivity contribution is 7.16. The van der Waals surface area contributed by atoms with Crippen molar-refractivity contribution < 1.29 is 28.8 Å². The molecule has 3 saturated carbocycles. The fourth-order valence-corrected chi connectivity index (χ4v) is 11.2. The second-order valence-electron chi connectivity index (χ2n) is 14.1. The zero-order chi connectivity index (χ0) is 29.8. The number of allylic oxidation sites excluding steroid dienone is 1. The molecule has 232 valence electrons. The van der Waals surface area contributed by atoms with Gasteiger partial charge in [-0.2, -0.15) is 5.10 Å². The van der Waals surface area contributed by atoms with Gasteiger partial charge in [-0.05, 0) is 91.9 Å². The number of rotatable bonds is 4. The SMILES string of the molecule is C[C@@H]1C[C@H]2[C@@H]3CCC4=Cc5nn(-c6ccc(OCCP)cc6)cc5C[C@]4(C)[C@@]3(Cl)[C@@H](O)C[C@]2(C)[C@]12OCOC21COCO1. The van der Waals surface area contributed by atoms with Crippen LogP contribution in [0, 0.1) is 28.6 Å². The number of alkyl halides is 1. The molecule has 0 amide bonds. The summed E-state index contributed by atoms with van der Waals surface area (Å²) in [5.74, 6) is 0.435.